The zero-order valence-corrected chi connectivity index (χ0v) is 31.6. The third kappa shape index (κ3) is 5.10. The van der Waals surface area contributed by atoms with Crippen LogP contribution in [0.2, 0.25) is 0 Å². The third-order valence-corrected chi connectivity index (χ3v) is 12.2. The average Bonchev–Trinajstić information content (AvgIpc) is 3.84. The zero-order valence-electron chi connectivity index (χ0n) is 31.6. The van der Waals surface area contributed by atoms with Crippen molar-refractivity contribution in [1.82, 2.24) is 4.98 Å². The molecule has 0 saturated heterocycles. The molecule has 2 atom stereocenters. The Morgan fingerprint density at radius 1 is 0.483 bits per heavy atom. The first-order chi connectivity index (χ1) is 28.8. The molecule has 3 heteroatoms. The molecule has 0 spiro atoms. The van der Waals surface area contributed by atoms with Gasteiger partial charge < -0.3 is 9.32 Å². The van der Waals surface area contributed by atoms with Crippen molar-refractivity contribution in [3.63, 3.8) is 0 Å². The standard InChI is InChI=1S/C55H36N2O/c1-3-14-37(15-4-1)52-53-44-21-7-10-23-47(44)56-55(46(53)34-51-54(52)45-22-9-12-25-50(45)58-51)40-17-13-16-38(32-40)35-26-28-36(29-27-35)39-30-31-43-42-20-8-11-24-48(42)57(49(43)33-39)41-18-5-2-6-19-41/h1-34,43,49H. The molecule has 0 amide bonds. The summed E-state index contributed by atoms with van der Waals surface area (Å²) in [6.45, 7) is 0. The van der Waals surface area contributed by atoms with Gasteiger partial charge in [-0.3, -0.25) is 0 Å². The van der Waals surface area contributed by atoms with E-state index in [1.165, 1.54) is 39.0 Å². The molecule has 58 heavy (non-hydrogen) atoms. The second kappa shape index (κ2) is 13.0. The molecule has 1 aliphatic heterocycles. The van der Waals surface area contributed by atoms with Crippen molar-refractivity contribution in [2.45, 2.75) is 12.0 Å². The number of pyridine rings is 1. The minimum atomic E-state index is 0.212. The predicted octanol–water partition coefficient (Wildman–Crippen LogP) is 14.5. The molecule has 2 aromatic heterocycles. The summed E-state index contributed by atoms with van der Waals surface area (Å²) in [5.74, 6) is 0.314. The number of benzene rings is 8. The molecule has 3 heterocycles. The Morgan fingerprint density at radius 3 is 2.03 bits per heavy atom. The number of nitrogens with zero attached hydrogens (tertiary/aromatic N) is 2. The fraction of sp³-hybridized carbons (Fsp3) is 0.0364. The maximum Gasteiger partial charge on any atom is 0.136 e. The van der Waals surface area contributed by atoms with Crippen molar-refractivity contribution in [3.05, 3.63) is 217 Å². The van der Waals surface area contributed by atoms with Crippen molar-refractivity contribution in [2.24, 2.45) is 0 Å². The Kier molecular flexibility index (Phi) is 7.36. The first kappa shape index (κ1) is 32.7. The van der Waals surface area contributed by atoms with E-state index in [0.29, 0.717) is 5.92 Å². The molecule has 3 nitrogen and oxygen atoms in total. The van der Waals surface area contributed by atoms with Crippen LogP contribution in [0.25, 0.3) is 82.7 Å². The van der Waals surface area contributed by atoms with E-state index in [1.807, 2.05) is 6.07 Å². The average molecular weight is 741 g/mol. The first-order valence-corrected chi connectivity index (χ1v) is 20.0. The molecule has 0 radical (unpaired) electrons. The van der Waals surface area contributed by atoms with Crippen LogP contribution >= 0.6 is 0 Å². The highest BCUT2D eigenvalue weighted by Crippen LogP contribution is 2.50. The van der Waals surface area contributed by atoms with E-state index in [0.717, 1.165) is 66.2 Å². The molecule has 0 bridgehead atoms. The number of allylic oxidation sites excluding steroid dienone is 2. The SMILES string of the molecule is C1=CC2c3ccccc3N(c3ccccc3)C2C=C1c1ccc(-c2cccc(-c3nc4ccccc4c4c(-c5ccccc5)c5c(cc34)oc3ccccc35)c2)cc1. The van der Waals surface area contributed by atoms with Crippen LogP contribution in [0.4, 0.5) is 11.4 Å². The molecule has 8 aromatic carbocycles. The van der Waals surface area contributed by atoms with Gasteiger partial charge in [-0.25, -0.2) is 4.98 Å². The number of hydrogen-bond donors (Lipinski definition) is 0. The van der Waals surface area contributed by atoms with Gasteiger partial charge in [-0.05, 0) is 75.9 Å². The van der Waals surface area contributed by atoms with Gasteiger partial charge in [0.2, 0.25) is 0 Å². The molecule has 0 fully saturated rings. The third-order valence-electron chi connectivity index (χ3n) is 12.2. The lowest BCUT2D eigenvalue weighted by Gasteiger charge is -2.30. The summed E-state index contributed by atoms with van der Waals surface area (Å²) in [6.07, 6.45) is 7.15. The van der Waals surface area contributed by atoms with Gasteiger partial charge in [0.15, 0.2) is 0 Å². The van der Waals surface area contributed by atoms with Crippen LogP contribution in [0.1, 0.15) is 17.0 Å². The molecule has 10 aromatic rings. The highest BCUT2D eigenvalue weighted by Gasteiger charge is 2.38. The Balaban J connectivity index is 0.965. The lowest BCUT2D eigenvalue weighted by molar-refractivity contribution is 0.669. The topological polar surface area (TPSA) is 29.3 Å². The normalized spacial score (nSPS) is 15.9. The number of para-hydroxylation sites is 4. The smallest absolute Gasteiger partial charge is 0.136 e. The Morgan fingerprint density at radius 2 is 1.17 bits per heavy atom. The minimum absolute atomic E-state index is 0.212. The molecule has 0 N–H and O–H groups in total. The van der Waals surface area contributed by atoms with Gasteiger partial charge in [0.25, 0.3) is 0 Å². The number of hydrogen-bond acceptors (Lipinski definition) is 3. The molecule has 0 saturated carbocycles. The molecule has 12 rings (SSSR count). The monoisotopic (exact) mass is 740 g/mol. The van der Waals surface area contributed by atoms with E-state index in [4.69, 9.17) is 9.40 Å². The lowest BCUT2D eigenvalue weighted by atomic mass is 9.86. The number of rotatable bonds is 5. The highest BCUT2D eigenvalue weighted by atomic mass is 16.3. The van der Waals surface area contributed by atoms with Gasteiger partial charge in [-0.1, -0.05) is 164 Å². The van der Waals surface area contributed by atoms with Gasteiger partial charge in [-0.15, -0.1) is 0 Å². The van der Waals surface area contributed by atoms with Crippen molar-refractivity contribution < 1.29 is 4.42 Å². The van der Waals surface area contributed by atoms with Crippen LogP contribution in [-0.2, 0) is 0 Å². The summed E-state index contributed by atoms with van der Waals surface area (Å²) in [5, 5.41) is 5.64. The Bertz CT molecular complexity index is 3290. The summed E-state index contributed by atoms with van der Waals surface area (Å²) in [7, 11) is 0. The zero-order chi connectivity index (χ0) is 38.2. The van der Waals surface area contributed by atoms with Crippen LogP contribution in [0.3, 0.4) is 0 Å². The van der Waals surface area contributed by atoms with E-state index < -0.39 is 0 Å². The molecule has 272 valence electrons. The summed E-state index contributed by atoms with van der Waals surface area (Å²) in [5.41, 5.74) is 15.7. The highest BCUT2D eigenvalue weighted by molar-refractivity contribution is 6.27. The fourth-order valence-corrected chi connectivity index (χ4v) is 9.56. The summed E-state index contributed by atoms with van der Waals surface area (Å²) in [6, 6.07) is 67.5. The van der Waals surface area contributed by atoms with Gasteiger partial charge in [0.05, 0.1) is 17.3 Å². The maximum atomic E-state index is 6.61. The Labute approximate surface area is 336 Å². The lowest BCUT2D eigenvalue weighted by Crippen LogP contribution is -2.29. The van der Waals surface area contributed by atoms with Crippen molar-refractivity contribution in [2.75, 3.05) is 4.90 Å². The second-order valence-corrected chi connectivity index (χ2v) is 15.4. The van der Waals surface area contributed by atoms with Crippen LogP contribution in [0, 0.1) is 0 Å². The van der Waals surface area contributed by atoms with E-state index in [-0.39, 0.29) is 6.04 Å². The Hall–Kier alpha value is -7.49. The molecule has 2 aliphatic rings. The van der Waals surface area contributed by atoms with E-state index in [1.54, 1.807) is 0 Å². The maximum absolute atomic E-state index is 6.61. The predicted molar refractivity (Wildman–Crippen MR) is 242 cm³/mol. The minimum Gasteiger partial charge on any atom is -0.456 e. The first-order valence-electron chi connectivity index (χ1n) is 20.0. The van der Waals surface area contributed by atoms with Crippen LogP contribution in [0.15, 0.2) is 211 Å². The summed E-state index contributed by atoms with van der Waals surface area (Å²) < 4.78 is 6.61. The second-order valence-electron chi connectivity index (χ2n) is 15.4. The van der Waals surface area contributed by atoms with Gasteiger partial charge in [0.1, 0.15) is 11.2 Å². The van der Waals surface area contributed by atoms with Gasteiger partial charge in [0, 0.05) is 55.4 Å². The molecular formula is C55H36N2O. The summed E-state index contributed by atoms with van der Waals surface area (Å²) >= 11 is 0. The van der Waals surface area contributed by atoms with Crippen LogP contribution in [0.5, 0.6) is 0 Å². The summed E-state index contributed by atoms with van der Waals surface area (Å²) in [4.78, 5) is 7.88. The number of fused-ring (bicyclic) bond motifs is 9. The van der Waals surface area contributed by atoms with E-state index in [9.17, 15) is 0 Å². The van der Waals surface area contributed by atoms with Crippen molar-refractivity contribution >= 4 is 60.6 Å². The van der Waals surface area contributed by atoms with Crippen LogP contribution in [-0.4, -0.2) is 11.0 Å². The molecule has 2 unspecified atom stereocenters. The van der Waals surface area contributed by atoms with Crippen molar-refractivity contribution in [3.8, 4) is 33.5 Å². The van der Waals surface area contributed by atoms with Gasteiger partial charge in [-0.2, -0.15) is 0 Å². The fourth-order valence-electron chi connectivity index (χ4n) is 9.56. The van der Waals surface area contributed by atoms with E-state index >= 15 is 0 Å². The quantitative estimate of drug-likeness (QED) is 0.165. The number of furan rings is 1. The molecular weight excluding hydrogens is 705 g/mol. The number of aromatic nitrogens is 1. The van der Waals surface area contributed by atoms with Gasteiger partial charge >= 0.3 is 0 Å². The number of anilines is 2. The largest absolute Gasteiger partial charge is 0.456 e. The van der Waals surface area contributed by atoms with Crippen LogP contribution < -0.4 is 4.90 Å². The molecule has 1 aliphatic carbocycles. The van der Waals surface area contributed by atoms with E-state index in [2.05, 4.69) is 205 Å². The van der Waals surface area contributed by atoms with Crippen molar-refractivity contribution in [1.29, 1.82) is 0 Å².